The van der Waals surface area contributed by atoms with Crippen molar-refractivity contribution >= 4 is 42.1 Å². The van der Waals surface area contributed by atoms with Gasteiger partial charge < -0.3 is 11.1 Å². The first-order valence-electron chi connectivity index (χ1n) is 8.28. The molecule has 3 rings (SSSR count). The molecular weight excluding hydrogens is 367 g/mol. The average molecular weight is 395 g/mol. The maximum Gasteiger partial charge on any atom is 0.223 e. The minimum atomic E-state index is 0. The maximum atomic E-state index is 12.2. The Hall–Kier alpha value is -0.400. The Labute approximate surface area is 160 Å². The number of aromatic nitrogens is 1. The Morgan fingerprint density at radius 1 is 1.38 bits per heavy atom. The van der Waals surface area contributed by atoms with Crippen molar-refractivity contribution in [1.29, 1.82) is 0 Å². The molecule has 1 aromatic rings. The van der Waals surface area contributed by atoms with Gasteiger partial charge in [0.05, 0.1) is 10.7 Å². The molecular formula is C16H28Cl2N4OS. The Kier molecular flexibility index (Phi) is 8.95. The third-order valence-corrected chi connectivity index (χ3v) is 5.57. The summed E-state index contributed by atoms with van der Waals surface area (Å²) in [5.74, 6) is 0.990. The van der Waals surface area contributed by atoms with Gasteiger partial charge in [0.15, 0.2) is 0 Å². The molecule has 1 aliphatic carbocycles. The van der Waals surface area contributed by atoms with Crippen LogP contribution in [-0.4, -0.2) is 41.5 Å². The molecule has 1 amide bonds. The van der Waals surface area contributed by atoms with Crippen LogP contribution in [0.4, 0.5) is 0 Å². The summed E-state index contributed by atoms with van der Waals surface area (Å²) in [4.78, 5) is 19.1. The van der Waals surface area contributed by atoms with Crippen molar-refractivity contribution in [2.45, 2.75) is 45.2 Å². The highest BCUT2D eigenvalue weighted by molar-refractivity contribution is 7.09. The number of nitrogens with two attached hydrogens (primary N) is 1. The van der Waals surface area contributed by atoms with E-state index >= 15 is 0 Å². The van der Waals surface area contributed by atoms with Crippen LogP contribution in [0.25, 0.3) is 0 Å². The smallest absolute Gasteiger partial charge is 0.223 e. The molecule has 24 heavy (non-hydrogen) atoms. The summed E-state index contributed by atoms with van der Waals surface area (Å²) >= 11 is 1.70. The van der Waals surface area contributed by atoms with E-state index in [0.717, 1.165) is 43.2 Å². The highest BCUT2D eigenvalue weighted by Gasteiger charge is 2.30. The van der Waals surface area contributed by atoms with Gasteiger partial charge in [0.2, 0.25) is 5.91 Å². The molecule has 1 saturated carbocycles. The van der Waals surface area contributed by atoms with E-state index in [9.17, 15) is 4.79 Å². The van der Waals surface area contributed by atoms with Crippen molar-refractivity contribution in [3.63, 3.8) is 0 Å². The number of likely N-dealkylation sites (tertiary alicyclic amines) is 1. The van der Waals surface area contributed by atoms with Crippen LogP contribution in [-0.2, 0) is 11.3 Å². The highest BCUT2D eigenvalue weighted by Crippen LogP contribution is 2.31. The second-order valence-electron chi connectivity index (χ2n) is 6.65. The number of piperidine rings is 1. The summed E-state index contributed by atoms with van der Waals surface area (Å²) in [7, 11) is 0. The molecule has 2 aliphatic rings. The molecule has 3 N–H and O–H groups in total. The number of carbonyl (C=O) groups is 1. The lowest BCUT2D eigenvalue weighted by Crippen LogP contribution is -2.44. The largest absolute Gasteiger partial charge is 0.354 e. The summed E-state index contributed by atoms with van der Waals surface area (Å²) in [5.41, 5.74) is 7.19. The number of aryl methyl sites for hydroxylation is 1. The van der Waals surface area contributed by atoms with Crippen LogP contribution in [0.2, 0.25) is 0 Å². The van der Waals surface area contributed by atoms with Crippen molar-refractivity contribution < 1.29 is 4.79 Å². The molecule has 2 heterocycles. The zero-order valence-corrected chi connectivity index (χ0v) is 16.5. The Morgan fingerprint density at radius 2 is 2.04 bits per heavy atom. The lowest BCUT2D eigenvalue weighted by atomic mass is 9.95. The van der Waals surface area contributed by atoms with E-state index in [1.807, 2.05) is 6.92 Å². The number of hydrogen-bond donors (Lipinski definition) is 2. The Bertz CT molecular complexity index is 516. The number of nitrogens with one attached hydrogen (secondary N) is 1. The van der Waals surface area contributed by atoms with Crippen LogP contribution in [0.1, 0.15) is 36.4 Å². The summed E-state index contributed by atoms with van der Waals surface area (Å²) in [6.07, 6.45) is 4.33. The number of halogens is 2. The number of thiazole rings is 1. The second kappa shape index (κ2) is 9.92. The summed E-state index contributed by atoms with van der Waals surface area (Å²) in [5, 5.41) is 6.30. The topological polar surface area (TPSA) is 71.2 Å². The fourth-order valence-electron chi connectivity index (χ4n) is 3.12. The van der Waals surface area contributed by atoms with Gasteiger partial charge in [-0.1, -0.05) is 0 Å². The third kappa shape index (κ3) is 6.15. The van der Waals surface area contributed by atoms with Crippen molar-refractivity contribution in [2.75, 3.05) is 19.6 Å². The quantitative estimate of drug-likeness (QED) is 0.776. The molecule has 1 aromatic heterocycles. The molecule has 5 nitrogen and oxygen atoms in total. The molecule has 0 aromatic carbocycles. The van der Waals surface area contributed by atoms with E-state index in [1.54, 1.807) is 11.3 Å². The van der Waals surface area contributed by atoms with Crippen LogP contribution >= 0.6 is 36.2 Å². The first kappa shape index (κ1) is 21.6. The van der Waals surface area contributed by atoms with Crippen LogP contribution in [0.5, 0.6) is 0 Å². The first-order chi connectivity index (χ1) is 10.6. The van der Waals surface area contributed by atoms with Gasteiger partial charge >= 0.3 is 0 Å². The SMILES string of the molecule is Cc1nc(CN2CCC(C(=O)NCC(N)C3CC3)CC2)cs1.Cl.Cl. The van der Waals surface area contributed by atoms with Crippen molar-refractivity contribution in [2.24, 2.45) is 17.6 Å². The fourth-order valence-corrected chi connectivity index (χ4v) is 3.72. The molecule has 1 aliphatic heterocycles. The molecule has 8 heteroatoms. The molecule has 1 unspecified atom stereocenters. The van der Waals surface area contributed by atoms with E-state index in [2.05, 4.69) is 20.6 Å². The molecule has 0 radical (unpaired) electrons. The Morgan fingerprint density at radius 3 is 2.58 bits per heavy atom. The highest BCUT2D eigenvalue weighted by atomic mass is 35.5. The van der Waals surface area contributed by atoms with Gasteiger partial charge in [-0.05, 0) is 51.6 Å². The van der Waals surface area contributed by atoms with E-state index in [4.69, 9.17) is 5.73 Å². The number of carbonyl (C=O) groups excluding carboxylic acids is 1. The summed E-state index contributed by atoms with van der Waals surface area (Å²) in [6.45, 7) is 5.54. The molecule has 0 bridgehead atoms. The molecule has 1 atom stereocenters. The lowest BCUT2D eigenvalue weighted by Gasteiger charge is -2.31. The van der Waals surface area contributed by atoms with E-state index in [0.29, 0.717) is 12.5 Å². The van der Waals surface area contributed by atoms with E-state index < -0.39 is 0 Å². The molecule has 2 fully saturated rings. The fraction of sp³-hybridized carbons (Fsp3) is 0.750. The minimum Gasteiger partial charge on any atom is -0.354 e. The zero-order valence-electron chi connectivity index (χ0n) is 14.1. The predicted molar refractivity (Wildman–Crippen MR) is 103 cm³/mol. The number of hydrogen-bond acceptors (Lipinski definition) is 5. The van der Waals surface area contributed by atoms with E-state index in [1.165, 1.54) is 12.8 Å². The number of amides is 1. The summed E-state index contributed by atoms with van der Waals surface area (Å²) in [6, 6.07) is 0.150. The molecule has 1 saturated heterocycles. The third-order valence-electron chi connectivity index (χ3n) is 4.75. The number of rotatable bonds is 6. The monoisotopic (exact) mass is 394 g/mol. The van der Waals surface area contributed by atoms with Crippen LogP contribution in [0.3, 0.4) is 0 Å². The predicted octanol–water partition coefficient (Wildman–Crippen LogP) is 2.36. The zero-order chi connectivity index (χ0) is 15.5. The van der Waals surface area contributed by atoms with Gasteiger partial charge in [-0.2, -0.15) is 0 Å². The maximum absolute atomic E-state index is 12.2. The van der Waals surface area contributed by atoms with Crippen molar-refractivity contribution in [3.05, 3.63) is 16.1 Å². The standard InChI is InChI=1S/C16H26N4OS.2ClH/c1-11-19-14(10-22-11)9-20-6-4-13(5-7-20)16(21)18-8-15(17)12-2-3-12;;/h10,12-13,15H,2-9,17H2,1H3,(H,18,21);2*1H. The van der Waals surface area contributed by atoms with Crippen LogP contribution < -0.4 is 11.1 Å². The Balaban J connectivity index is 0.00000144. The summed E-state index contributed by atoms with van der Waals surface area (Å²) < 4.78 is 0. The van der Waals surface area contributed by atoms with Gasteiger partial charge in [-0.15, -0.1) is 36.2 Å². The van der Waals surface area contributed by atoms with Gasteiger partial charge in [0, 0.05) is 30.4 Å². The van der Waals surface area contributed by atoms with Crippen LogP contribution in [0, 0.1) is 18.8 Å². The van der Waals surface area contributed by atoms with Gasteiger partial charge in [0.1, 0.15) is 0 Å². The molecule has 138 valence electrons. The average Bonchev–Trinajstić information content (AvgIpc) is 3.29. The van der Waals surface area contributed by atoms with Gasteiger partial charge in [0.25, 0.3) is 0 Å². The van der Waals surface area contributed by atoms with Gasteiger partial charge in [-0.25, -0.2) is 4.98 Å². The normalized spacial score (nSPS) is 19.9. The van der Waals surface area contributed by atoms with Crippen molar-refractivity contribution in [1.82, 2.24) is 15.2 Å². The minimum absolute atomic E-state index is 0. The van der Waals surface area contributed by atoms with E-state index in [-0.39, 0.29) is 42.7 Å². The number of nitrogens with zero attached hydrogens (tertiary/aromatic N) is 2. The van der Waals surface area contributed by atoms with Gasteiger partial charge in [-0.3, -0.25) is 9.69 Å². The van der Waals surface area contributed by atoms with Crippen LogP contribution in [0.15, 0.2) is 5.38 Å². The second-order valence-corrected chi connectivity index (χ2v) is 7.72. The first-order valence-corrected chi connectivity index (χ1v) is 9.16. The molecule has 0 spiro atoms. The lowest BCUT2D eigenvalue weighted by molar-refractivity contribution is -0.126. The van der Waals surface area contributed by atoms with Crippen molar-refractivity contribution in [3.8, 4) is 0 Å².